The van der Waals surface area contributed by atoms with Gasteiger partial charge in [-0.05, 0) is 56.0 Å². The number of hydrogen-bond acceptors (Lipinski definition) is 6. The highest BCUT2D eigenvalue weighted by Crippen LogP contribution is 2.32. The number of nitrogens with one attached hydrogen (secondary N) is 1. The van der Waals surface area contributed by atoms with Crippen molar-refractivity contribution < 1.29 is 22.7 Å². The van der Waals surface area contributed by atoms with E-state index in [9.17, 15) is 18.0 Å². The topological polar surface area (TPSA) is 70.6 Å². The number of hydrogen-bond donors (Lipinski definition) is 1. The van der Waals surface area contributed by atoms with Crippen LogP contribution in [-0.2, 0) is 9.53 Å². The van der Waals surface area contributed by atoms with Gasteiger partial charge in [-0.3, -0.25) is 9.78 Å². The highest BCUT2D eigenvalue weighted by molar-refractivity contribution is 5.92. The summed E-state index contributed by atoms with van der Waals surface area (Å²) in [6.07, 6.45) is -0.829. The van der Waals surface area contributed by atoms with Gasteiger partial charge in [-0.2, -0.15) is 13.2 Å². The predicted octanol–water partition coefficient (Wildman–Crippen LogP) is 4.88. The summed E-state index contributed by atoms with van der Waals surface area (Å²) in [5.74, 6) is -1.07. The average molecular weight is 514 g/mol. The number of benzene rings is 1. The third-order valence-electron chi connectivity index (χ3n) is 7.29. The van der Waals surface area contributed by atoms with E-state index in [1.165, 1.54) is 7.05 Å². The number of alkyl halides is 3. The lowest BCUT2D eigenvalue weighted by Crippen LogP contribution is -2.46. The SMILES string of the molecule is CN(C(=O)C(F)(F)F)[C@H]1CC[C@@H](Nc2nc(-c3ccc(N4CCOCC4)cc3)cc3ncccc23)CC1. The molecule has 2 fully saturated rings. The molecule has 1 aliphatic heterocycles. The van der Waals surface area contributed by atoms with Crippen LogP contribution in [0.25, 0.3) is 22.2 Å². The molecule has 0 atom stereocenters. The van der Waals surface area contributed by atoms with Crippen molar-refractivity contribution in [3.8, 4) is 11.3 Å². The Kier molecular flexibility index (Phi) is 7.19. The Morgan fingerprint density at radius 3 is 2.46 bits per heavy atom. The minimum Gasteiger partial charge on any atom is -0.378 e. The molecule has 5 rings (SSSR count). The van der Waals surface area contributed by atoms with Crippen LogP contribution in [0.2, 0.25) is 0 Å². The molecule has 7 nitrogen and oxygen atoms in total. The van der Waals surface area contributed by atoms with E-state index in [1.54, 1.807) is 6.20 Å². The summed E-state index contributed by atoms with van der Waals surface area (Å²) in [5.41, 5.74) is 3.74. The number of aromatic nitrogens is 2. The van der Waals surface area contributed by atoms with Crippen LogP contribution in [0.5, 0.6) is 0 Å². The van der Waals surface area contributed by atoms with Gasteiger partial charge in [0.25, 0.3) is 0 Å². The minimum atomic E-state index is -4.85. The van der Waals surface area contributed by atoms with Crippen LogP contribution in [-0.4, -0.2) is 72.4 Å². The fourth-order valence-corrected chi connectivity index (χ4v) is 5.16. The van der Waals surface area contributed by atoms with E-state index < -0.39 is 18.1 Å². The van der Waals surface area contributed by atoms with E-state index in [4.69, 9.17) is 9.72 Å². The van der Waals surface area contributed by atoms with Crippen molar-refractivity contribution in [2.75, 3.05) is 43.6 Å². The number of rotatable bonds is 5. The summed E-state index contributed by atoms with van der Waals surface area (Å²) in [7, 11) is 1.24. The molecular formula is C27H30F3N5O2. The second kappa shape index (κ2) is 10.5. The van der Waals surface area contributed by atoms with E-state index in [-0.39, 0.29) is 6.04 Å². The van der Waals surface area contributed by atoms with Crippen LogP contribution in [0.1, 0.15) is 25.7 Å². The highest BCUT2D eigenvalue weighted by atomic mass is 19.4. The Hall–Kier alpha value is -3.40. The third kappa shape index (κ3) is 5.64. The second-order valence-corrected chi connectivity index (χ2v) is 9.64. The average Bonchev–Trinajstić information content (AvgIpc) is 2.92. The molecule has 0 radical (unpaired) electrons. The number of pyridine rings is 2. The largest absolute Gasteiger partial charge is 0.471 e. The van der Waals surface area contributed by atoms with Crippen molar-refractivity contribution in [2.45, 2.75) is 43.9 Å². The van der Waals surface area contributed by atoms with Crippen LogP contribution in [0.3, 0.4) is 0 Å². The zero-order chi connectivity index (χ0) is 26.0. The number of fused-ring (bicyclic) bond motifs is 1. The molecule has 1 amide bonds. The van der Waals surface area contributed by atoms with E-state index in [0.29, 0.717) is 31.5 Å². The van der Waals surface area contributed by atoms with Gasteiger partial charge < -0.3 is 19.9 Å². The van der Waals surface area contributed by atoms with Gasteiger partial charge in [-0.15, -0.1) is 0 Å². The molecule has 10 heteroatoms. The fraction of sp³-hybridized carbons (Fsp3) is 0.444. The zero-order valence-electron chi connectivity index (χ0n) is 20.7. The van der Waals surface area contributed by atoms with Gasteiger partial charge in [0.15, 0.2) is 0 Å². The number of ether oxygens (including phenoxy) is 1. The Labute approximate surface area is 213 Å². The summed E-state index contributed by atoms with van der Waals surface area (Å²) >= 11 is 0. The molecule has 3 aromatic rings. The quantitative estimate of drug-likeness (QED) is 0.525. The maximum Gasteiger partial charge on any atom is 0.471 e. The summed E-state index contributed by atoms with van der Waals surface area (Å²) in [6, 6.07) is 13.7. The van der Waals surface area contributed by atoms with Gasteiger partial charge in [0.2, 0.25) is 0 Å². The number of halogens is 3. The van der Waals surface area contributed by atoms with Gasteiger partial charge in [0.05, 0.1) is 24.4 Å². The van der Waals surface area contributed by atoms with E-state index >= 15 is 0 Å². The van der Waals surface area contributed by atoms with Crippen LogP contribution in [0.15, 0.2) is 48.7 Å². The molecule has 37 heavy (non-hydrogen) atoms. The van der Waals surface area contributed by atoms with E-state index in [0.717, 1.165) is 59.1 Å². The predicted molar refractivity (Wildman–Crippen MR) is 136 cm³/mol. The Bertz CT molecular complexity index is 1240. The maximum absolute atomic E-state index is 12.8. The molecule has 2 aliphatic rings. The molecule has 196 valence electrons. The fourth-order valence-electron chi connectivity index (χ4n) is 5.16. The zero-order valence-corrected chi connectivity index (χ0v) is 20.7. The van der Waals surface area contributed by atoms with E-state index in [1.807, 2.05) is 18.2 Å². The second-order valence-electron chi connectivity index (χ2n) is 9.64. The van der Waals surface area contributed by atoms with Crippen LogP contribution in [0.4, 0.5) is 24.7 Å². The molecule has 1 N–H and O–H groups in total. The van der Waals surface area contributed by atoms with E-state index in [2.05, 4.69) is 39.5 Å². The van der Waals surface area contributed by atoms with Gasteiger partial charge in [0, 0.05) is 55.1 Å². The normalized spacial score (nSPS) is 20.6. The standard InChI is InChI=1S/C27H30F3N5O2/c1-34(26(36)27(28,29)30)20-10-6-19(7-11-20)32-25-22-3-2-12-31-24(22)17-23(33-25)18-4-8-21(9-5-18)35-13-15-37-16-14-35/h2-5,8-9,12,17,19-20H,6-7,10-11,13-16H2,1H3,(H,32,33)/t19-,20+. The van der Waals surface area contributed by atoms with Gasteiger partial charge in [-0.1, -0.05) is 12.1 Å². The lowest BCUT2D eigenvalue weighted by molar-refractivity contribution is -0.186. The lowest BCUT2D eigenvalue weighted by Gasteiger charge is -2.35. The van der Waals surface area contributed by atoms with Gasteiger partial charge in [-0.25, -0.2) is 4.98 Å². The first-order valence-electron chi connectivity index (χ1n) is 12.6. The van der Waals surface area contributed by atoms with Gasteiger partial charge in [0.1, 0.15) is 5.82 Å². The lowest BCUT2D eigenvalue weighted by atomic mass is 9.90. The number of anilines is 2. The monoisotopic (exact) mass is 513 g/mol. The number of amides is 1. The van der Waals surface area contributed by atoms with Crippen molar-refractivity contribution in [1.82, 2.24) is 14.9 Å². The summed E-state index contributed by atoms with van der Waals surface area (Å²) in [5, 5.41) is 4.41. The van der Waals surface area contributed by atoms with Gasteiger partial charge >= 0.3 is 12.1 Å². The molecule has 3 heterocycles. The molecule has 1 saturated carbocycles. The van der Waals surface area contributed by atoms with Crippen molar-refractivity contribution in [2.24, 2.45) is 0 Å². The number of morpholine rings is 1. The number of carbonyl (C=O) groups is 1. The highest BCUT2D eigenvalue weighted by Gasteiger charge is 2.43. The van der Waals surface area contributed by atoms with Crippen LogP contribution < -0.4 is 10.2 Å². The summed E-state index contributed by atoms with van der Waals surface area (Å²) in [4.78, 5) is 24.2. The van der Waals surface area contributed by atoms with Crippen molar-refractivity contribution in [1.29, 1.82) is 0 Å². The molecule has 0 unspecified atom stereocenters. The Morgan fingerprint density at radius 1 is 1.08 bits per heavy atom. The molecule has 2 aromatic heterocycles. The van der Waals surface area contributed by atoms with Crippen molar-refractivity contribution in [3.05, 3.63) is 48.7 Å². The van der Waals surface area contributed by atoms with Crippen LogP contribution in [0, 0.1) is 0 Å². The first-order valence-corrected chi connectivity index (χ1v) is 12.6. The van der Waals surface area contributed by atoms with Crippen molar-refractivity contribution in [3.63, 3.8) is 0 Å². The number of carbonyl (C=O) groups excluding carboxylic acids is 1. The molecule has 0 spiro atoms. The third-order valence-corrected chi connectivity index (χ3v) is 7.29. The van der Waals surface area contributed by atoms with Crippen molar-refractivity contribution >= 4 is 28.3 Å². The molecule has 1 aromatic carbocycles. The maximum atomic E-state index is 12.8. The smallest absolute Gasteiger partial charge is 0.378 e. The Morgan fingerprint density at radius 2 is 1.78 bits per heavy atom. The Balaban J connectivity index is 1.32. The molecular weight excluding hydrogens is 483 g/mol. The molecule has 1 saturated heterocycles. The van der Waals surface area contributed by atoms with Crippen LogP contribution >= 0.6 is 0 Å². The first kappa shape index (κ1) is 25.3. The number of nitrogens with zero attached hydrogens (tertiary/aromatic N) is 4. The summed E-state index contributed by atoms with van der Waals surface area (Å²) in [6.45, 7) is 3.19. The first-order chi connectivity index (χ1) is 17.8. The summed E-state index contributed by atoms with van der Waals surface area (Å²) < 4.78 is 44.0. The minimum absolute atomic E-state index is 0.0421. The molecule has 0 bridgehead atoms. The molecule has 1 aliphatic carbocycles.